The Morgan fingerprint density at radius 3 is 2.88 bits per heavy atom. The Morgan fingerprint density at radius 2 is 2.19 bits per heavy atom. The highest BCUT2D eigenvalue weighted by Gasteiger charge is 2.27. The molecule has 1 atom stereocenters. The van der Waals surface area contributed by atoms with Crippen molar-refractivity contribution in [3.8, 4) is 0 Å². The van der Waals surface area contributed by atoms with Crippen LogP contribution in [0.25, 0.3) is 0 Å². The molecular formula is C13H20N2O. The average molecular weight is 220 g/mol. The monoisotopic (exact) mass is 220 g/mol. The van der Waals surface area contributed by atoms with E-state index < -0.39 is 0 Å². The van der Waals surface area contributed by atoms with Crippen LogP contribution in [0.1, 0.15) is 44.1 Å². The lowest BCUT2D eigenvalue weighted by molar-refractivity contribution is -0.134. The van der Waals surface area contributed by atoms with Gasteiger partial charge >= 0.3 is 0 Å². The van der Waals surface area contributed by atoms with Crippen molar-refractivity contribution < 1.29 is 4.79 Å². The van der Waals surface area contributed by atoms with E-state index in [1.54, 1.807) is 0 Å². The van der Waals surface area contributed by atoms with E-state index in [9.17, 15) is 4.79 Å². The highest BCUT2D eigenvalue weighted by atomic mass is 16.2. The molecule has 1 aliphatic rings. The molecule has 0 spiro atoms. The zero-order chi connectivity index (χ0) is 11.7. The first-order valence-electron chi connectivity index (χ1n) is 6.10. The van der Waals surface area contributed by atoms with Gasteiger partial charge in [-0.3, -0.25) is 4.79 Å². The third-order valence-electron chi connectivity index (χ3n) is 3.48. The first-order valence-corrected chi connectivity index (χ1v) is 6.10. The molecule has 3 nitrogen and oxygen atoms in total. The summed E-state index contributed by atoms with van der Waals surface area (Å²) in [6.07, 6.45) is 1.60. The molecule has 88 valence electrons. The fourth-order valence-corrected chi connectivity index (χ4v) is 2.52. The van der Waals surface area contributed by atoms with Crippen LogP contribution >= 0.6 is 0 Å². The summed E-state index contributed by atoms with van der Waals surface area (Å²) in [7, 11) is 0. The normalized spacial score (nSPS) is 19.7. The van der Waals surface area contributed by atoms with Gasteiger partial charge in [-0.1, -0.05) is 6.92 Å². The first kappa shape index (κ1) is 11.2. The van der Waals surface area contributed by atoms with Gasteiger partial charge in [0, 0.05) is 30.9 Å². The fraction of sp³-hybridized carbons (Fsp3) is 0.615. The molecule has 0 fully saturated rings. The number of fused-ring (bicyclic) bond motifs is 1. The molecule has 0 radical (unpaired) electrons. The van der Waals surface area contributed by atoms with Crippen LogP contribution in [0.4, 0.5) is 0 Å². The van der Waals surface area contributed by atoms with E-state index in [-0.39, 0.29) is 6.04 Å². The Hall–Kier alpha value is -1.25. The van der Waals surface area contributed by atoms with Crippen molar-refractivity contribution in [2.24, 2.45) is 0 Å². The van der Waals surface area contributed by atoms with Crippen molar-refractivity contribution in [3.63, 3.8) is 0 Å². The van der Waals surface area contributed by atoms with Crippen LogP contribution in [-0.2, 0) is 11.3 Å². The Labute approximate surface area is 97.1 Å². The molecule has 1 aromatic rings. The van der Waals surface area contributed by atoms with Crippen molar-refractivity contribution in [1.29, 1.82) is 0 Å². The van der Waals surface area contributed by atoms with Gasteiger partial charge in [-0.15, -0.1) is 0 Å². The minimum atomic E-state index is 0.224. The maximum Gasteiger partial charge on any atom is 0.223 e. The Kier molecular flexibility index (Phi) is 3.03. The van der Waals surface area contributed by atoms with Gasteiger partial charge in [0.2, 0.25) is 5.91 Å². The highest BCUT2D eigenvalue weighted by Crippen LogP contribution is 2.27. The lowest BCUT2D eigenvalue weighted by Crippen LogP contribution is -2.40. The van der Waals surface area contributed by atoms with E-state index in [0.29, 0.717) is 12.3 Å². The molecule has 1 aromatic heterocycles. The van der Waals surface area contributed by atoms with Crippen molar-refractivity contribution in [2.75, 3.05) is 6.54 Å². The maximum absolute atomic E-state index is 11.9. The number of hydrogen-bond donors (Lipinski definition) is 0. The largest absolute Gasteiger partial charge is 0.345 e. The van der Waals surface area contributed by atoms with Gasteiger partial charge < -0.3 is 9.47 Å². The molecule has 0 saturated carbocycles. The lowest BCUT2D eigenvalue weighted by atomic mass is 10.1. The number of aromatic nitrogens is 1. The topological polar surface area (TPSA) is 25.2 Å². The molecule has 2 heterocycles. The van der Waals surface area contributed by atoms with Crippen molar-refractivity contribution in [3.05, 3.63) is 23.5 Å². The minimum Gasteiger partial charge on any atom is -0.345 e. The molecular weight excluding hydrogens is 200 g/mol. The van der Waals surface area contributed by atoms with Crippen LogP contribution < -0.4 is 0 Å². The first-order chi connectivity index (χ1) is 7.65. The number of hydrogen-bond acceptors (Lipinski definition) is 1. The second-order valence-corrected chi connectivity index (χ2v) is 4.56. The molecule has 16 heavy (non-hydrogen) atoms. The van der Waals surface area contributed by atoms with E-state index in [2.05, 4.69) is 37.5 Å². The Bertz CT molecular complexity index is 395. The van der Waals surface area contributed by atoms with Gasteiger partial charge in [-0.2, -0.15) is 0 Å². The molecule has 2 rings (SSSR count). The highest BCUT2D eigenvalue weighted by molar-refractivity contribution is 5.76. The van der Waals surface area contributed by atoms with Gasteiger partial charge in [0.1, 0.15) is 0 Å². The van der Waals surface area contributed by atoms with E-state index in [1.807, 2.05) is 4.90 Å². The van der Waals surface area contributed by atoms with Crippen LogP contribution in [0.3, 0.4) is 0 Å². The number of carbonyl (C=O) groups is 1. The molecule has 1 aliphatic heterocycles. The van der Waals surface area contributed by atoms with Gasteiger partial charge in [0.25, 0.3) is 0 Å². The predicted octanol–water partition coefficient (Wildman–Crippen LogP) is 2.50. The van der Waals surface area contributed by atoms with Crippen molar-refractivity contribution >= 4 is 5.91 Å². The van der Waals surface area contributed by atoms with Gasteiger partial charge in [-0.25, -0.2) is 0 Å². The Morgan fingerprint density at radius 1 is 1.44 bits per heavy atom. The van der Waals surface area contributed by atoms with Gasteiger partial charge in [0.05, 0.1) is 6.04 Å². The summed E-state index contributed by atoms with van der Waals surface area (Å²) in [6.45, 7) is 8.09. The predicted molar refractivity (Wildman–Crippen MR) is 64.2 cm³/mol. The van der Waals surface area contributed by atoms with E-state index in [1.165, 1.54) is 11.4 Å². The summed E-state index contributed by atoms with van der Waals surface area (Å²) in [5, 5.41) is 0. The second-order valence-electron chi connectivity index (χ2n) is 4.56. The Balaban J connectivity index is 2.21. The summed E-state index contributed by atoms with van der Waals surface area (Å²) in [5.41, 5.74) is 2.57. The lowest BCUT2D eigenvalue weighted by Gasteiger charge is -2.35. The van der Waals surface area contributed by atoms with Gasteiger partial charge in [0.15, 0.2) is 0 Å². The van der Waals surface area contributed by atoms with Crippen LogP contribution in [-0.4, -0.2) is 21.9 Å². The zero-order valence-corrected chi connectivity index (χ0v) is 10.4. The molecule has 3 heteroatoms. The summed E-state index contributed by atoms with van der Waals surface area (Å²) in [6, 6.07) is 4.51. The molecule has 0 aliphatic carbocycles. The van der Waals surface area contributed by atoms with E-state index in [0.717, 1.165) is 19.5 Å². The second kappa shape index (κ2) is 4.32. The summed E-state index contributed by atoms with van der Waals surface area (Å²) in [5.74, 6) is 0.292. The molecule has 0 N–H and O–H groups in total. The number of carbonyl (C=O) groups excluding carboxylic acids is 1. The molecule has 1 amide bonds. The zero-order valence-electron chi connectivity index (χ0n) is 10.4. The minimum absolute atomic E-state index is 0.224. The summed E-state index contributed by atoms with van der Waals surface area (Å²) >= 11 is 0. The number of nitrogens with zero attached hydrogens (tertiary/aromatic N) is 2. The average Bonchev–Trinajstić information content (AvgIpc) is 2.62. The summed E-state index contributed by atoms with van der Waals surface area (Å²) in [4.78, 5) is 14.0. The fourth-order valence-electron chi connectivity index (χ4n) is 2.52. The van der Waals surface area contributed by atoms with Crippen LogP contribution in [0.5, 0.6) is 0 Å². The van der Waals surface area contributed by atoms with Crippen molar-refractivity contribution in [2.45, 2.75) is 46.2 Å². The van der Waals surface area contributed by atoms with Crippen LogP contribution in [0.15, 0.2) is 12.1 Å². The van der Waals surface area contributed by atoms with Crippen LogP contribution in [0, 0.1) is 6.92 Å². The third-order valence-corrected chi connectivity index (χ3v) is 3.48. The third kappa shape index (κ3) is 1.75. The molecule has 0 aromatic carbocycles. The number of aryl methyl sites for hydroxylation is 1. The van der Waals surface area contributed by atoms with E-state index in [4.69, 9.17) is 0 Å². The molecule has 1 unspecified atom stereocenters. The van der Waals surface area contributed by atoms with Crippen molar-refractivity contribution in [1.82, 2.24) is 9.47 Å². The maximum atomic E-state index is 11.9. The quantitative estimate of drug-likeness (QED) is 0.751. The standard InChI is InChI=1S/C13H20N2O/c1-4-5-13(16)15-9-8-14-10(2)6-7-12(14)11(15)3/h6-7,11H,4-5,8-9H2,1-3H3. The summed E-state index contributed by atoms with van der Waals surface area (Å²) < 4.78 is 2.32. The number of rotatable bonds is 2. The smallest absolute Gasteiger partial charge is 0.223 e. The van der Waals surface area contributed by atoms with E-state index >= 15 is 0 Å². The molecule has 0 saturated heterocycles. The van der Waals surface area contributed by atoms with Crippen LogP contribution in [0.2, 0.25) is 0 Å². The molecule has 0 bridgehead atoms. The van der Waals surface area contributed by atoms with Gasteiger partial charge in [-0.05, 0) is 32.4 Å². The number of amides is 1. The SMILES string of the molecule is CCCC(=O)N1CCn2c(C)ccc2C1C.